The number of hydrogen-bond acceptors (Lipinski definition) is 8. The summed E-state index contributed by atoms with van der Waals surface area (Å²) in [7, 11) is -1.18. The highest BCUT2D eigenvalue weighted by Crippen LogP contribution is 2.56. The van der Waals surface area contributed by atoms with E-state index in [1.165, 1.54) is 0 Å². The molecule has 0 bridgehead atoms. The Labute approximate surface area is 247 Å². The van der Waals surface area contributed by atoms with E-state index in [0.29, 0.717) is 39.4 Å². The second-order valence-corrected chi connectivity index (χ2v) is 13.7. The van der Waals surface area contributed by atoms with Crippen molar-refractivity contribution < 1.29 is 32.9 Å². The number of ether oxygens (including phenoxy) is 2. The van der Waals surface area contributed by atoms with Crippen LogP contribution >= 0.6 is 0 Å². The molecule has 4 heterocycles. The summed E-state index contributed by atoms with van der Waals surface area (Å²) in [6.45, 7) is 16.1. The van der Waals surface area contributed by atoms with Gasteiger partial charge in [-0.2, -0.15) is 0 Å². The molecule has 0 saturated carbocycles. The van der Waals surface area contributed by atoms with Gasteiger partial charge in [0.1, 0.15) is 11.5 Å². The van der Waals surface area contributed by atoms with Gasteiger partial charge < -0.3 is 33.8 Å². The Morgan fingerprint density at radius 2 is 1.05 bits per heavy atom. The van der Waals surface area contributed by atoms with Gasteiger partial charge in [0.25, 0.3) is 0 Å². The Morgan fingerprint density at radius 1 is 0.595 bits per heavy atom. The average Bonchev–Trinajstić information content (AvgIpc) is 3.40. The maximum absolute atomic E-state index is 13.3. The maximum Gasteiger partial charge on any atom is 0.494 e. The van der Waals surface area contributed by atoms with Gasteiger partial charge in [0.15, 0.2) is 5.60 Å². The molecular weight excluding hydrogens is 532 g/mol. The standard InChI is InChI=1S/C32H35B2NO7/c1-28(2)29(3,4)40-33(39-28)18-9-13-22-25(15-18)37-26-16-19(34-41-30(5,6)31(7,8)42-34)10-14-23(26)32(22)24-17-20(35)11-12-21(24)27(36)38-32/h9-17H,35H2,1-8H3. The van der Waals surface area contributed by atoms with Crippen molar-refractivity contribution in [3.05, 3.63) is 76.9 Å². The quantitative estimate of drug-likeness (QED) is 0.276. The lowest BCUT2D eigenvalue weighted by Gasteiger charge is -2.37. The molecule has 10 heteroatoms. The second kappa shape index (κ2) is 8.41. The van der Waals surface area contributed by atoms with Crippen LogP contribution in [0.3, 0.4) is 0 Å². The highest BCUT2D eigenvalue weighted by atomic mass is 16.7. The summed E-state index contributed by atoms with van der Waals surface area (Å²) >= 11 is 0. The zero-order chi connectivity index (χ0) is 30.0. The zero-order valence-corrected chi connectivity index (χ0v) is 25.3. The third kappa shape index (κ3) is 3.68. The maximum atomic E-state index is 13.3. The first-order valence-corrected chi connectivity index (χ1v) is 14.4. The largest absolute Gasteiger partial charge is 0.494 e. The number of carbonyl (C=O) groups excluding carboxylic acids is 1. The zero-order valence-electron chi connectivity index (χ0n) is 25.3. The van der Waals surface area contributed by atoms with E-state index in [0.717, 1.165) is 10.9 Å². The predicted molar refractivity (Wildman–Crippen MR) is 161 cm³/mol. The van der Waals surface area contributed by atoms with Crippen LogP contribution in [0.4, 0.5) is 5.69 Å². The van der Waals surface area contributed by atoms with E-state index in [1.54, 1.807) is 12.1 Å². The fourth-order valence-electron chi connectivity index (χ4n) is 6.02. The molecule has 2 N–H and O–H groups in total. The SMILES string of the molecule is CC1(C)OB(c2ccc3c(c2)Oc2cc(B4OC(C)(C)C(C)(C)O4)ccc2C32OC(=O)c3ccc(N)cc32)OC1(C)C. The molecule has 2 fully saturated rings. The third-order valence-corrected chi connectivity index (χ3v) is 9.93. The molecule has 7 rings (SSSR count). The Hall–Kier alpha value is -3.30. The molecule has 216 valence electrons. The monoisotopic (exact) mass is 567 g/mol. The molecule has 1 spiro atoms. The first-order valence-electron chi connectivity index (χ1n) is 14.4. The fraction of sp³-hybridized carbons (Fsp3) is 0.406. The van der Waals surface area contributed by atoms with Crippen LogP contribution in [-0.2, 0) is 29.0 Å². The van der Waals surface area contributed by atoms with Gasteiger partial charge in [-0.25, -0.2) is 4.79 Å². The molecule has 0 aromatic heterocycles. The van der Waals surface area contributed by atoms with Crippen molar-refractivity contribution in [1.29, 1.82) is 0 Å². The van der Waals surface area contributed by atoms with Gasteiger partial charge in [-0.3, -0.25) is 0 Å². The van der Waals surface area contributed by atoms with Gasteiger partial charge >= 0.3 is 20.2 Å². The van der Waals surface area contributed by atoms with Crippen molar-refractivity contribution in [2.45, 2.75) is 83.4 Å². The highest BCUT2D eigenvalue weighted by molar-refractivity contribution is 6.62. The minimum Gasteiger partial charge on any atom is -0.456 e. The molecule has 3 aromatic carbocycles. The van der Waals surface area contributed by atoms with E-state index in [2.05, 4.69) is 0 Å². The lowest BCUT2D eigenvalue weighted by molar-refractivity contribution is 0.00578. The molecular formula is C32H35B2NO7. The Morgan fingerprint density at radius 3 is 1.50 bits per heavy atom. The number of rotatable bonds is 2. The number of benzene rings is 3. The molecule has 0 amide bonds. The normalized spacial score (nSPS) is 23.3. The summed E-state index contributed by atoms with van der Waals surface area (Å²) in [5.74, 6) is 0.640. The third-order valence-electron chi connectivity index (χ3n) is 9.93. The van der Waals surface area contributed by atoms with Gasteiger partial charge in [-0.15, -0.1) is 0 Å². The molecule has 4 aliphatic heterocycles. The van der Waals surface area contributed by atoms with E-state index in [-0.39, 0.29) is 0 Å². The number of esters is 1. The van der Waals surface area contributed by atoms with Crippen LogP contribution in [0, 0.1) is 0 Å². The number of nitrogen functional groups attached to an aromatic ring is 1. The van der Waals surface area contributed by atoms with Crippen LogP contribution in [0.5, 0.6) is 11.5 Å². The van der Waals surface area contributed by atoms with Crippen LogP contribution in [0.2, 0.25) is 0 Å². The number of fused-ring (bicyclic) bond motifs is 6. The summed E-state index contributed by atoms with van der Waals surface area (Å²) in [6, 6.07) is 16.8. The first kappa shape index (κ1) is 27.5. The summed E-state index contributed by atoms with van der Waals surface area (Å²) < 4.78 is 38.3. The van der Waals surface area contributed by atoms with Crippen LogP contribution < -0.4 is 21.4 Å². The Bertz CT molecular complexity index is 1550. The minimum atomic E-state index is -1.26. The van der Waals surface area contributed by atoms with Gasteiger partial charge in [-0.1, -0.05) is 24.3 Å². The lowest BCUT2D eigenvalue weighted by atomic mass is 9.72. The summed E-state index contributed by atoms with van der Waals surface area (Å²) in [5, 5.41) is 0. The Balaban J connectivity index is 1.39. The fourth-order valence-corrected chi connectivity index (χ4v) is 6.02. The molecule has 8 nitrogen and oxygen atoms in total. The molecule has 0 aliphatic carbocycles. The topological polar surface area (TPSA) is 98.5 Å². The minimum absolute atomic E-state index is 0.422. The van der Waals surface area contributed by atoms with E-state index in [1.807, 2.05) is 97.9 Å². The van der Waals surface area contributed by atoms with E-state index in [9.17, 15) is 4.79 Å². The smallest absolute Gasteiger partial charge is 0.456 e. The predicted octanol–water partition coefficient (Wildman–Crippen LogP) is 4.44. The van der Waals surface area contributed by atoms with Crippen LogP contribution in [0.1, 0.15) is 82.4 Å². The number of anilines is 1. The molecule has 3 aromatic rings. The molecule has 2 saturated heterocycles. The van der Waals surface area contributed by atoms with Crippen molar-refractivity contribution in [2.24, 2.45) is 0 Å². The van der Waals surface area contributed by atoms with E-state index >= 15 is 0 Å². The molecule has 0 atom stereocenters. The average molecular weight is 567 g/mol. The summed E-state index contributed by atoms with van der Waals surface area (Å²) in [6.07, 6.45) is 0. The van der Waals surface area contributed by atoms with Crippen LogP contribution in [0.15, 0.2) is 54.6 Å². The summed E-state index contributed by atoms with van der Waals surface area (Å²) in [4.78, 5) is 13.3. The Kier molecular flexibility index (Phi) is 5.51. The van der Waals surface area contributed by atoms with Crippen molar-refractivity contribution >= 4 is 36.8 Å². The van der Waals surface area contributed by atoms with Crippen molar-refractivity contribution in [1.82, 2.24) is 0 Å². The van der Waals surface area contributed by atoms with Crippen LogP contribution in [-0.4, -0.2) is 42.6 Å². The van der Waals surface area contributed by atoms with E-state index < -0.39 is 48.2 Å². The second-order valence-electron chi connectivity index (χ2n) is 13.7. The summed E-state index contributed by atoms with van der Waals surface area (Å²) in [5.41, 5.74) is 7.63. The molecule has 0 unspecified atom stereocenters. The number of hydrogen-bond donors (Lipinski definition) is 1. The van der Waals surface area contributed by atoms with E-state index in [4.69, 9.17) is 33.8 Å². The van der Waals surface area contributed by atoms with Crippen molar-refractivity contribution in [3.8, 4) is 11.5 Å². The molecule has 0 radical (unpaired) electrons. The highest BCUT2D eigenvalue weighted by Gasteiger charge is 2.56. The van der Waals surface area contributed by atoms with Crippen molar-refractivity contribution in [2.75, 3.05) is 5.73 Å². The first-order chi connectivity index (χ1) is 19.5. The van der Waals surface area contributed by atoms with Gasteiger partial charge in [0, 0.05) is 22.4 Å². The van der Waals surface area contributed by atoms with Gasteiger partial charge in [0.05, 0.1) is 28.0 Å². The van der Waals surface area contributed by atoms with Gasteiger partial charge in [0.2, 0.25) is 0 Å². The van der Waals surface area contributed by atoms with Gasteiger partial charge in [-0.05, 0) is 96.6 Å². The molecule has 4 aliphatic rings. The number of nitrogens with two attached hydrogens (primary N) is 1. The molecule has 42 heavy (non-hydrogen) atoms. The van der Waals surface area contributed by atoms with Crippen LogP contribution in [0.25, 0.3) is 0 Å². The number of carbonyl (C=O) groups is 1. The lowest BCUT2D eigenvalue weighted by Crippen LogP contribution is -2.41. The van der Waals surface area contributed by atoms with Crippen molar-refractivity contribution in [3.63, 3.8) is 0 Å².